The van der Waals surface area contributed by atoms with Crippen molar-refractivity contribution in [1.29, 1.82) is 0 Å². The lowest BCUT2D eigenvalue weighted by Gasteiger charge is -2.21. The van der Waals surface area contributed by atoms with Crippen molar-refractivity contribution < 1.29 is 17.9 Å². The van der Waals surface area contributed by atoms with Crippen molar-refractivity contribution in [3.05, 3.63) is 41.9 Å². The van der Waals surface area contributed by atoms with Crippen molar-refractivity contribution in [3.8, 4) is 6.01 Å². The lowest BCUT2D eigenvalue weighted by Crippen LogP contribution is -2.44. The van der Waals surface area contributed by atoms with Crippen LogP contribution in [0.4, 0.5) is 16.7 Å². The zero-order valence-electron chi connectivity index (χ0n) is 15.5. The van der Waals surface area contributed by atoms with Gasteiger partial charge in [-0.3, -0.25) is 4.90 Å². The Labute approximate surface area is 167 Å². The molecule has 10 nitrogen and oxygen atoms in total. The van der Waals surface area contributed by atoms with Crippen LogP contribution in [0.15, 0.2) is 41.8 Å². The van der Waals surface area contributed by atoms with Crippen molar-refractivity contribution in [2.45, 2.75) is 4.90 Å². The number of methoxy groups -OCH3 is 1. The number of nitrogens with zero attached hydrogens (tertiary/aromatic N) is 5. The summed E-state index contributed by atoms with van der Waals surface area (Å²) in [6.07, 6.45) is 1.40. The summed E-state index contributed by atoms with van der Waals surface area (Å²) in [6.45, 7) is 3.51. The number of carbonyl (C=O) groups excluding carboxylic acids is 1. The zero-order valence-corrected chi connectivity index (χ0v) is 17.0. The number of rotatable bonds is 7. The van der Waals surface area contributed by atoms with E-state index in [1.165, 1.54) is 31.4 Å². The third kappa shape index (κ3) is 4.87. The van der Waals surface area contributed by atoms with Gasteiger partial charge in [-0.25, -0.2) is 17.9 Å². The maximum absolute atomic E-state index is 12.7. The van der Waals surface area contributed by atoms with Gasteiger partial charge in [-0.15, -0.1) is 6.58 Å². The van der Waals surface area contributed by atoms with Crippen LogP contribution in [0, 0.1) is 0 Å². The molecule has 0 unspecified atom stereocenters. The van der Waals surface area contributed by atoms with Crippen LogP contribution >= 0.6 is 11.6 Å². The third-order valence-corrected chi connectivity index (χ3v) is 5.14. The van der Waals surface area contributed by atoms with Gasteiger partial charge in [0.25, 0.3) is 10.0 Å². The fourth-order valence-corrected chi connectivity index (χ4v) is 3.49. The summed E-state index contributed by atoms with van der Waals surface area (Å²) in [5.41, 5.74) is 0. The molecule has 150 valence electrons. The minimum Gasteiger partial charge on any atom is -0.467 e. The molecule has 0 radical (unpaired) electrons. The molecule has 0 saturated heterocycles. The smallest absolute Gasteiger partial charge is 0.338 e. The second-order valence-electron chi connectivity index (χ2n) is 5.56. The number of benzene rings is 1. The van der Waals surface area contributed by atoms with Crippen molar-refractivity contribution in [3.63, 3.8) is 0 Å². The van der Waals surface area contributed by atoms with Gasteiger partial charge in [-0.05, 0) is 12.1 Å². The fraction of sp³-hybridized carbons (Fsp3) is 0.250. The van der Waals surface area contributed by atoms with E-state index in [0.717, 1.165) is 4.90 Å². The van der Waals surface area contributed by atoms with Crippen molar-refractivity contribution in [1.82, 2.24) is 19.7 Å². The van der Waals surface area contributed by atoms with E-state index < -0.39 is 16.1 Å². The lowest BCUT2D eigenvalue weighted by molar-refractivity contribution is 0.251. The Kier molecular flexibility index (Phi) is 6.75. The molecule has 0 spiro atoms. The van der Waals surface area contributed by atoms with Gasteiger partial charge < -0.3 is 9.64 Å². The van der Waals surface area contributed by atoms with E-state index in [2.05, 4.69) is 21.5 Å². The number of ether oxygens (including phenoxy) is 1. The predicted octanol–water partition coefficient (Wildman–Crippen LogP) is 1.69. The minimum absolute atomic E-state index is 0.0187. The molecule has 1 aromatic heterocycles. The third-order valence-electron chi connectivity index (χ3n) is 3.32. The van der Waals surface area contributed by atoms with Gasteiger partial charge in [-0.1, -0.05) is 29.8 Å². The van der Waals surface area contributed by atoms with Gasteiger partial charge in [0.05, 0.1) is 12.1 Å². The van der Waals surface area contributed by atoms with E-state index in [0.29, 0.717) is 0 Å². The number of halogens is 1. The highest BCUT2D eigenvalue weighted by atomic mass is 35.5. The number of sulfonamides is 1. The molecule has 0 bridgehead atoms. The molecule has 1 aromatic carbocycles. The summed E-state index contributed by atoms with van der Waals surface area (Å²) in [5, 5.41) is -0.0187. The average Bonchev–Trinajstić information content (AvgIpc) is 2.65. The molecule has 12 heteroatoms. The molecule has 0 saturated carbocycles. The Balaban J connectivity index is 2.41. The Bertz CT molecular complexity index is 983. The van der Waals surface area contributed by atoms with Crippen LogP contribution < -0.4 is 19.3 Å². The molecule has 28 heavy (non-hydrogen) atoms. The van der Waals surface area contributed by atoms with Crippen LogP contribution in [-0.4, -0.2) is 57.2 Å². The maximum atomic E-state index is 12.7. The normalized spacial score (nSPS) is 10.9. The van der Waals surface area contributed by atoms with Crippen LogP contribution in [0.3, 0.4) is 0 Å². The van der Waals surface area contributed by atoms with Crippen LogP contribution in [0.1, 0.15) is 0 Å². The number of hydrogen-bond acceptors (Lipinski definition) is 8. The molecule has 0 aliphatic heterocycles. The van der Waals surface area contributed by atoms with Gasteiger partial charge in [-0.2, -0.15) is 15.0 Å². The first-order chi connectivity index (χ1) is 13.2. The minimum atomic E-state index is -4.22. The number of nitrogens with one attached hydrogen (secondary N) is 1. The first kappa shape index (κ1) is 21.4. The Hall–Kier alpha value is -2.92. The first-order valence-corrected chi connectivity index (χ1v) is 9.73. The van der Waals surface area contributed by atoms with Crippen LogP contribution in [-0.2, 0) is 10.0 Å². The number of hydrogen-bond donors (Lipinski definition) is 1. The van der Waals surface area contributed by atoms with E-state index in [4.69, 9.17) is 16.3 Å². The van der Waals surface area contributed by atoms with Crippen molar-refractivity contribution in [2.24, 2.45) is 0 Å². The molecule has 0 atom stereocenters. The van der Waals surface area contributed by atoms with E-state index in [9.17, 15) is 13.2 Å². The first-order valence-electron chi connectivity index (χ1n) is 7.86. The molecule has 2 amide bonds. The SMILES string of the molecule is C=CCN(C(=O)NS(=O)(=O)c1ccccc1Cl)c1nc(OC)nc(N(C)C)n1. The van der Waals surface area contributed by atoms with Crippen LogP contribution in [0.2, 0.25) is 5.02 Å². The Morgan fingerprint density at radius 1 is 1.25 bits per heavy atom. The summed E-state index contributed by atoms with van der Waals surface area (Å²) in [6, 6.07) is 4.73. The standard InChI is InChI=1S/C16H19ClN6O4S/c1-5-10-23(14-18-13(22(2)3)19-15(20-14)27-4)16(24)21-28(25,26)12-9-7-6-8-11(12)17/h5-9H,1,10H2,2-4H3,(H,21,24). The number of urea groups is 1. The maximum Gasteiger partial charge on any atom is 0.338 e. The van der Waals surface area contributed by atoms with Gasteiger partial charge in [0, 0.05) is 20.6 Å². The van der Waals surface area contributed by atoms with Crippen LogP contribution in [0.25, 0.3) is 0 Å². The summed E-state index contributed by atoms with van der Waals surface area (Å²) in [7, 11) is 0.521. The van der Waals surface area contributed by atoms with E-state index in [-0.39, 0.29) is 34.4 Å². The summed E-state index contributed by atoms with van der Waals surface area (Å²) in [4.78, 5) is 27.3. The highest BCUT2D eigenvalue weighted by Crippen LogP contribution is 2.21. The molecule has 2 aromatic rings. The molecule has 0 aliphatic carbocycles. The number of carbonyl (C=O) groups is 1. The van der Waals surface area contributed by atoms with E-state index >= 15 is 0 Å². The topological polar surface area (TPSA) is 118 Å². The molecule has 0 fully saturated rings. The predicted molar refractivity (Wildman–Crippen MR) is 105 cm³/mol. The van der Waals surface area contributed by atoms with Gasteiger partial charge in [0.2, 0.25) is 11.9 Å². The average molecular weight is 427 g/mol. The number of amides is 2. The summed E-state index contributed by atoms with van der Waals surface area (Å²) < 4.78 is 32.1. The summed E-state index contributed by atoms with van der Waals surface area (Å²) >= 11 is 5.93. The molecule has 1 N–H and O–H groups in total. The van der Waals surface area contributed by atoms with Crippen molar-refractivity contribution in [2.75, 3.05) is 37.5 Å². The lowest BCUT2D eigenvalue weighted by atomic mass is 10.4. The second kappa shape index (κ2) is 8.85. The van der Waals surface area contributed by atoms with Crippen molar-refractivity contribution >= 4 is 39.6 Å². The fourth-order valence-electron chi connectivity index (χ4n) is 2.02. The molecular weight excluding hydrogens is 408 g/mol. The van der Waals surface area contributed by atoms with Gasteiger partial charge >= 0.3 is 12.0 Å². The Morgan fingerprint density at radius 3 is 2.46 bits per heavy atom. The van der Waals surface area contributed by atoms with Crippen LogP contribution in [0.5, 0.6) is 6.01 Å². The van der Waals surface area contributed by atoms with Gasteiger partial charge in [0.15, 0.2) is 0 Å². The highest BCUT2D eigenvalue weighted by Gasteiger charge is 2.26. The highest BCUT2D eigenvalue weighted by molar-refractivity contribution is 7.90. The molecule has 2 rings (SSSR count). The van der Waals surface area contributed by atoms with E-state index in [1.807, 2.05) is 4.72 Å². The molecule has 0 aliphatic rings. The number of aromatic nitrogens is 3. The number of anilines is 2. The molecular formula is C16H19ClN6O4S. The summed E-state index contributed by atoms with van der Waals surface area (Å²) in [5.74, 6) is 0.111. The monoisotopic (exact) mass is 426 g/mol. The largest absolute Gasteiger partial charge is 0.467 e. The van der Waals surface area contributed by atoms with E-state index in [1.54, 1.807) is 25.1 Å². The van der Waals surface area contributed by atoms with Gasteiger partial charge in [0.1, 0.15) is 4.90 Å². The molecule has 1 heterocycles. The Morgan fingerprint density at radius 2 is 1.89 bits per heavy atom. The quantitative estimate of drug-likeness (QED) is 0.664. The second-order valence-corrected chi connectivity index (χ2v) is 7.61. The zero-order chi connectivity index (χ0) is 20.9.